The molecule has 1 N–H and O–H groups in total. The van der Waals surface area contributed by atoms with Crippen LogP contribution in [-0.2, 0) is 0 Å². The largest absolute Gasteiger partial charge is 0.307 e. The number of nitrogens with zero attached hydrogens (tertiary/aromatic N) is 2. The van der Waals surface area contributed by atoms with Gasteiger partial charge in [-0.15, -0.1) is 0 Å². The summed E-state index contributed by atoms with van der Waals surface area (Å²) in [4.78, 5) is 12.0. The number of ketones is 1. The Morgan fingerprint density at radius 1 is 1.69 bits per heavy atom. The molecule has 0 radical (unpaired) electrons. The van der Waals surface area contributed by atoms with E-state index in [2.05, 4.69) is 26.3 Å². The molecule has 0 amide bonds. The van der Waals surface area contributed by atoms with Gasteiger partial charge in [0.1, 0.15) is 5.69 Å². The average molecular weight is 286 g/mol. The van der Waals surface area contributed by atoms with Crippen LogP contribution in [0.3, 0.4) is 0 Å². The van der Waals surface area contributed by atoms with Crippen LogP contribution in [0.5, 0.6) is 0 Å². The molecule has 1 aliphatic rings. The Bertz CT molecular complexity index is 396. The van der Waals surface area contributed by atoms with Crippen LogP contribution in [0.4, 0.5) is 0 Å². The predicted octanol–water partition coefficient (Wildman–Crippen LogP) is 2.16. The van der Waals surface area contributed by atoms with Crippen molar-refractivity contribution in [2.45, 2.75) is 38.8 Å². The number of carbonyl (C=O) groups is 1. The molecular formula is C11H16BrN3O. The maximum absolute atomic E-state index is 12.0. The van der Waals surface area contributed by atoms with E-state index in [1.165, 1.54) is 12.8 Å². The second-order valence-corrected chi connectivity index (χ2v) is 5.31. The minimum Gasteiger partial charge on any atom is -0.307 e. The maximum atomic E-state index is 12.0. The Kier molecular flexibility index (Phi) is 3.44. The molecule has 0 aromatic carbocycles. The molecule has 0 unspecified atom stereocenters. The van der Waals surface area contributed by atoms with Crippen molar-refractivity contribution in [2.75, 3.05) is 6.54 Å². The van der Waals surface area contributed by atoms with E-state index in [1.807, 2.05) is 13.8 Å². The van der Waals surface area contributed by atoms with Gasteiger partial charge in [0, 0.05) is 12.1 Å². The first-order valence-corrected chi connectivity index (χ1v) is 6.38. The lowest BCUT2D eigenvalue weighted by Crippen LogP contribution is -2.27. The minimum absolute atomic E-state index is 0.102. The third kappa shape index (κ3) is 2.52. The molecule has 0 spiro atoms. The first-order chi connectivity index (χ1) is 7.59. The highest BCUT2D eigenvalue weighted by Crippen LogP contribution is 2.21. The van der Waals surface area contributed by atoms with E-state index in [9.17, 15) is 4.79 Å². The zero-order valence-electron chi connectivity index (χ0n) is 9.53. The summed E-state index contributed by atoms with van der Waals surface area (Å²) in [6.07, 6.45) is 4.07. The normalized spacial score (nSPS) is 15.8. The van der Waals surface area contributed by atoms with E-state index in [1.54, 1.807) is 10.9 Å². The predicted molar refractivity (Wildman–Crippen MR) is 65.7 cm³/mol. The summed E-state index contributed by atoms with van der Waals surface area (Å²) >= 11 is 3.38. The number of hydrogen-bond donors (Lipinski definition) is 1. The van der Waals surface area contributed by atoms with Crippen molar-refractivity contribution in [2.24, 2.45) is 0 Å². The first kappa shape index (κ1) is 11.8. The first-order valence-electron chi connectivity index (χ1n) is 5.59. The van der Waals surface area contributed by atoms with Crippen LogP contribution in [0.2, 0.25) is 0 Å². The van der Waals surface area contributed by atoms with E-state index >= 15 is 0 Å². The van der Waals surface area contributed by atoms with E-state index < -0.39 is 0 Å². The second kappa shape index (κ2) is 4.67. The molecule has 88 valence electrons. The van der Waals surface area contributed by atoms with Crippen molar-refractivity contribution < 1.29 is 4.79 Å². The zero-order valence-corrected chi connectivity index (χ0v) is 11.1. The average Bonchev–Trinajstić information content (AvgIpc) is 2.97. The van der Waals surface area contributed by atoms with Gasteiger partial charge in [0.2, 0.25) is 0 Å². The Morgan fingerprint density at radius 2 is 2.38 bits per heavy atom. The van der Waals surface area contributed by atoms with Crippen molar-refractivity contribution in [3.63, 3.8) is 0 Å². The molecule has 1 aromatic heterocycles. The van der Waals surface area contributed by atoms with Gasteiger partial charge in [0.15, 0.2) is 5.78 Å². The zero-order chi connectivity index (χ0) is 11.7. The number of halogens is 1. The number of Topliss-reactive ketones (excluding diaryl/α,β-unsaturated/α-hetero) is 1. The van der Waals surface area contributed by atoms with Crippen LogP contribution in [0, 0.1) is 0 Å². The van der Waals surface area contributed by atoms with E-state index in [4.69, 9.17) is 0 Å². The number of hydrogen-bond acceptors (Lipinski definition) is 3. The lowest BCUT2D eigenvalue weighted by Gasteiger charge is -2.10. The van der Waals surface area contributed by atoms with Gasteiger partial charge in [0.05, 0.1) is 17.2 Å². The van der Waals surface area contributed by atoms with Crippen LogP contribution >= 0.6 is 15.9 Å². The molecule has 4 nitrogen and oxygen atoms in total. The monoisotopic (exact) mass is 285 g/mol. The maximum Gasteiger partial charge on any atom is 0.195 e. The summed E-state index contributed by atoms with van der Waals surface area (Å²) < 4.78 is 2.55. The SMILES string of the molecule is CC(C)n1ncc(Br)c1C(=O)CNC1CC1. The second-order valence-electron chi connectivity index (χ2n) is 4.46. The molecule has 1 fully saturated rings. The van der Waals surface area contributed by atoms with Crippen LogP contribution in [0.15, 0.2) is 10.7 Å². The molecule has 16 heavy (non-hydrogen) atoms. The van der Waals surface area contributed by atoms with Crippen LogP contribution in [0.1, 0.15) is 43.2 Å². The molecule has 0 bridgehead atoms. The Morgan fingerprint density at radius 3 is 2.94 bits per heavy atom. The molecule has 2 rings (SSSR count). The number of carbonyl (C=O) groups excluding carboxylic acids is 1. The molecule has 1 saturated carbocycles. The Labute approximate surface area is 104 Å². The molecule has 5 heteroatoms. The van der Waals surface area contributed by atoms with Gasteiger partial charge in [-0.25, -0.2) is 0 Å². The van der Waals surface area contributed by atoms with Crippen LogP contribution < -0.4 is 5.32 Å². The summed E-state index contributed by atoms with van der Waals surface area (Å²) in [5.41, 5.74) is 0.670. The van der Waals surface area contributed by atoms with E-state index in [-0.39, 0.29) is 11.8 Å². The molecule has 1 heterocycles. The summed E-state index contributed by atoms with van der Waals surface area (Å²) in [7, 11) is 0. The fraction of sp³-hybridized carbons (Fsp3) is 0.636. The molecular weight excluding hydrogens is 270 g/mol. The van der Waals surface area contributed by atoms with Crippen molar-refractivity contribution in [3.8, 4) is 0 Å². The summed E-state index contributed by atoms with van der Waals surface area (Å²) in [5.74, 6) is 0.102. The summed E-state index contributed by atoms with van der Waals surface area (Å²) in [6.45, 7) is 4.44. The highest BCUT2D eigenvalue weighted by Gasteiger charge is 2.24. The third-order valence-electron chi connectivity index (χ3n) is 2.63. The van der Waals surface area contributed by atoms with Crippen molar-refractivity contribution in [1.82, 2.24) is 15.1 Å². The van der Waals surface area contributed by atoms with E-state index in [0.717, 1.165) is 4.47 Å². The van der Waals surface area contributed by atoms with Gasteiger partial charge in [0.25, 0.3) is 0 Å². The third-order valence-corrected chi connectivity index (χ3v) is 3.21. The van der Waals surface area contributed by atoms with Gasteiger partial charge in [-0.3, -0.25) is 9.48 Å². The number of aromatic nitrogens is 2. The molecule has 0 aliphatic heterocycles. The highest BCUT2D eigenvalue weighted by atomic mass is 79.9. The lowest BCUT2D eigenvalue weighted by molar-refractivity contribution is 0.0977. The van der Waals surface area contributed by atoms with Crippen LogP contribution in [-0.4, -0.2) is 28.2 Å². The minimum atomic E-state index is 0.102. The van der Waals surface area contributed by atoms with Gasteiger partial charge < -0.3 is 5.32 Å². The van der Waals surface area contributed by atoms with Gasteiger partial charge in [-0.1, -0.05) is 0 Å². The molecule has 0 saturated heterocycles. The van der Waals surface area contributed by atoms with Gasteiger partial charge in [-0.05, 0) is 42.6 Å². The smallest absolute Gasteiger partial charge is 0.195 e. The molecule has 0 atom stereocenters. The topological polar surface area (TPSA) is 46.9 Å². The number of rotatable bonds is 5. The van der Waals surface area contributed by atoms with Crippen molar-refractivity contribution in [1.29, 1.82) is 0 Å². The van der Waals surface area contributed by atoms with Gasteiger partial charge in [-0.2, -0.15) is 5.10 Å². The summed E-state index contributed by atoms with van der Waals surface area (Å²) in [6, 6.07) is 0.754. The number of nitrogens with one attached hydrogen (secondary N) is 1. The summed E-state index contributed by atoms with van der Waals surface area (Å²) in [5, 5.41) is 7.43. The highest BCUT2D eigenvalue weighted by molar-refractivity contribution is 9.10. The quantitative estimate of drug-likeness (QED) is 0.844. The Hall–Kier alpha value is -0.680. The Balaban J connectivity index is 2.10. The van der Waals surface area contributed by atoms with Gasteiger partial charge >= 0.3 is 0 Å². The van der Waals surface area contributed by atoms with Crippen molar-refractivity contribution in [3.05, 3.63) is 16.4 Å². The molecule has 1 aliphatic carbocycles. The lowest BCUT2D eigenvalue weighted by atomic mass is 10.2. The van der Waals surface area contributed by atoms with E-state index in [0.29, 0.717) is 18.3 Å². The van der Waals surface area contributed by atoms with Crippen LogP contribution in [0.25, 0.3) is 0 Å². The fourth-order valence-corrected chi connectivity index (χ4v) is 2.10. The standard InChI is InChI=1S/C11H16BrN3O/c1-7(2)15-11(9(12)5-14-15)10(16)6-13-8-3-4-8/h5,7-8,13H,3-4,6H2,1-2H3. The fourth-order valence-electron chi connectivity index (χ4n) is 1.60. The molecule has 1 aromatic rings. The van der Waals surface area contributed by atoms with Crippen molar-refractivity contribution >= 4 is 21.7 Å².